The Labute approximate surface area is 184 Å². The lowest BCUT2D eigenvalue weighted by molar-refractivity contribution is -0.116. The van der Waals surface area contributed by atoms with Gasteiger partial charge in [0.15, 0.2) is 0 Å². The Morgan fingerprint density at radius 3 is 2.42 bits per heavy atom. The number of piperidine rings is 1. The molecule has 0 atom stereocenters. The van der Waals surface area contributed by atoms with Gasteiger partial charge in [-0.2, -0.15) is 0 Å². The maximum atomic E-state index is 12.5. The molecule has 1 saturated heterocycles. The van der Waals surface area contributed by atoms with Crippen LogP contribution >= 0.6 is 0 Å². The number of rotatable bonds is 8. The Kier molecular flexibility index (Phi) is 8.55. The number of amides is 4. The third-order valence-electron chi connectivity index (χ3n) is 6.06. The molecule has 1 heterocycles. The van der Waals surface area contributed by atoms with Crippen molar-refractivity contribution in [1.82, 2.24) is 10.6 Å². The summed E-state index contributed by atoms with van der Waals surface area (Å²) in [5.74, 6) is -0.664. The van der Waals surface area contributed by atoms with Crippen LogP contribution in [-0.4, -0.2) is 43.5 Å². The van der Waals surface area contributed by atoms with Crippen molar-refractivity contribution in [3.8, 4) is 0 Å². The summed E-state index contributed by atoms with van der Waals surface area (Å²) in [5.41, 5.74) is 7.33. The molecule has 1 aliphatic heterocycles. The molecule has 8 heteroatoms. The number of nitrogens with two attached hydrogens (primary N) is 1. The van der Waals surface area contributed by atoms with Crippen molar-refractivity contribution in [2.24, 2.45) is 5.73 Å². The fourth-order valence-corrected chi connectivity index (χ4v) is 4.35. The summed E-state index contributed by atoms with van der Waals surface area (Å²) in [5, 5.41) is 8.78. The van der Waals surface area contributed by atoms with Crippen molar-refractivity contribution >= 4 is 29.2 Å². The minimum absolute atomic E-state index is 0.144. The molecule has 1 aromatic rings. The molecule has 4 amide bonds. The summed E-state index contributed by atoms with van der Waals surface area (Å²) in [4.78, 5) is 38.3. The zero-order valence-corrected chi connectivity index (χ0v) is 18.3. The molecule has 0 bridgehead atoms. The lowest BCUT2D eigenvalue weighted by atomic mass is 9.96. The molecule has 170 valence electrons. The third kappa shape index (κ3) is 7.15. The number of primary amides is 1. The highest BCUT2D eigenvalue weighted by molar-refractivity contribution is 5.99. The highest BCUT2D eigenvalue weighted by Crippen LogP contribution is 2.30. The summed E-state index contributed by atoms with van der Waals surface area (Å²) in [7, 11) is 0. The van der Waals surface area contributed by atoms with E-state index in [1.165, 1.54) is 25.7 Å². The van der Waals surface area contributed by atoms with Crippen LogP contribution in [0.4, 0.5) is 16.2 Å². The van der Waals surface area contributed by atoms with Gasteiger partial charge in [0, 0.05) is 37.7 Å². The van der Waals surface area contributed by atoms with Crippen LogP contribution in [0.1, 0.15) is 74.6 Å². The van der Waals surface area contributed by atoms with Crippen molar-refractivity contribution in [3.63, 3.8) is 0 Å². The molecule has 1 aromatic carbocycles. The molecule has 31 heavy (non-hydrogen) atoms. The van der Waals surface area contributed by atoms with Gasteiger partial charge in [-0.1, -0.05) is 19.3 Å². The second-order valence-corrected chi connectivity index (χ2v) is 8.53. The van der Waals surface area contributed by atoms with Gasteiger partial charge >= 0.3 is 6.03 Å². The summed E-state index contributed by atoms with van der Waals surface area (Å²) in [6.45, 7) is 2.30. The molecule has 1 saturated carbocycles. The van der Waals surface area contributed by atoms with Crippen LogP contribution in [0, 0.1) is 0 Å². The highest BCUT2D eigenvalue weighted by atomic mass is 16.2. The number of urea groups is 1. The van der Waals surface area contributed by atoms with Crippen LogP contribution in [0.5, 0.6) is 0 Å². The van der Waals surface area contributed by atoms with Gasteiger partial charge < -0.3 is 26.6 Å². The largest absolute Gasteiger partial charge is 0.370 e. The van der Waals surface area contributed by atoms with Gasteiger partial charge in [-0.25, -0.2) is 4.79 Å². The molecule has 0 spiro atoms. The van der Waals surface area contributed by atoms with Crippen molar-refractivity contribution < 1.29 is 14.4 Å². The van der Waals surface area contributed by atoms with Gasteiger partial charge in [-0.3, -0.25) is 9.59 Å². The van der Waals surface area contributed by atoms with Gasteiger partial charge in [0.25, 0.3) is 0 Å². The first-order valence-corrected chi connectivity index (χ1v) is 11.6. The van der Waals surface area contributed by atoms with Gasteiger partial charge in [-0.15, -0.1) is 0 Å². The van der Waals surface area contributed by atoms with Crippen LogP contribution in [0.25, 0.3) is 0 Å². The Hall–Kier alpha value is -2.77. The molecule has 2 aliphatic rings. The van der Waals surface area contributed by atoms with E-state index in [4.69, 9.17) is 5.73 Å². The summed E-state index contributed by atoms with van der Waals surface area (Å²) >= 11 is 0. The second-order valence-electron chi connectivity index (χ2n) is 8.53. The lowest BCUT2D eigenvalue weighted by Gasteiger charge is -2.30. The van der Waals surface area contributed by atoms with E-state index in [0.717, 1.165) is 44.5 Å². The molecule has 1 aliphatic carbocycles. The van der Waals surface area contributed by atoms with E-state index in [-0.39, 0.29) is 24.4 Å². The molecular weight excluding hydrogens is 394 g/mol. The van der Waals surface area contributed by atoms with Crippen molar-refractivity contribution in [2.45, 2.75) is 70.3 Å². The van der Waals surface area contributed by atoms with Crippen LogP contribution in [0.2, 0.25) is 0 Å². The molecule has 8 nitrogen and oxygen atoms in total. The Bertz CT molecular complexity index is 770. The van der Waals surface area contributed by atoms with Crippen LogP contribution in [-0.2, 0) is 4.79 Å². The maximum Gasteiger partial charge on any atom is 0.315 e. The molecular formula is C23H35N5O3. The van der Waals surface area contributed by atoms with Gasteiger partial charge in [0.05, 0.1) is 11.4 Å². The number of nitrogens with zero attached hydrogens (tertiary/aromatic N) is 1. The van der Waals surface area contributed by atoms with Crippen molar-refractivity contribution in [3.05, 3.63) is 23.8 Å². The minimum Gasteiger partial charge on any atom is -0.370 e. The summed E-state index contributed by atoms with van der Waals surface area (Å²) < 4.78 is 0. The van der Waals surface area contributed by atoms with E-state index in [2.05, 4.69) is 20.9 Å². The molecule has 5 N–H and O–H groups in total. The number of hydrogen-bond donors (Lipinski definition) is 4. The average Bonchev–Trinajstić information content (AvgIpc) is 2.78. The molecule has 0 radical (unpaired) electrons. The number of nitrogens with one attached hydrogen (secondary N) is 3. The highest BCUT2D eigenvalue weighted by Gasteiger charge is 2.18. The normalized spacial score (nSPS) is 17.1. The van der Waals surface area contributed by atoms with E-state index in [9.17, 15) is 14.4 Å². The fourth-order valence-electron chi connectivity index (χ4n) is 4.35. The van der Waals surface area contributed by atoms with E-state index in [0.29, 0.717) is 24.2 Å². The van der Waals surface area contributed by atoms with Crippen molar-refractivity contribution in [2.75, 3.05) is 29.9 Å². The molecule has 2 fully saturated rings. The topological polar surface area (TPSA) is 117 Å². The summed E-state index contributed by atoms with van der Waals surface area (Å²) in [6, 6.07) is 5.33. The Balaban J connectivity index is 1.47. The van der Waals surface area contributed by atoms with Crippen LogP contribution in [0.3, 0.4) is 0 Å². The number of carbonyl (C=O) groups is 3. The second kappa shape index (κ2) is 11.6. The lowest BCUT2D eigenvalue weighted by Crippen LogP contribution is -2.43. The number of anilines is 2. The number of benzene rings is 1. The van der Waals surface area contributed by atoms with Crippen LogP contribution in [0.15, 0.2) is 18.2 Å². The molecule has 0 unspecified atom stereocenters. The zero-order valence-electron chi connectivity index (χ0n) is 18.3. The van der Waals surface area contributed by atoms with E-state index >= 15 is 0 Å². The van der Waals surface area contributed by atoms with E-state index < -0.39 is 5.91 Å². The van der Waals surface area contributed by atoms with Crippen molar-refractivity contribution in [1.29, 1.82) is 0 Å². The standard InChI is InChI=1S/C23H35N5O3/c24-22(30)17-11-12-20(28-14-5-2-6-15-28)19(16-17)27-21(29)10-7-13-25-23(31)26-18-8-3-1-4-9-18/h11-12,16,18H,1-10,13-15H2,(H2,24,30)(H,27,29)(H2,25,26,31). The fraction of sp³-hybridized carbons (Fsp3) is 0.609. The number of carbonyl (C=O) groups excluding carboxylic acids is 3. The first-order chi connectivity index (χ1) is 15.0. The van der Waals surface area contributed by atoms with Crippen LogP contribution < -0.4 is 26.6 Å². The minimum atomic E-state index is -0.520. The Morgan fingerprint density at radius 2 is 1.71 bits per heavy atom. The average molecular weight is 430 g/mol. The van der Waals surface area contributed by atoms with Gasteiger partial charge in [0.2, 0.25) is 11.8 Å². The smallest absolute Gasteiger partial charge is 0.315 e. The monoisotopic (exact) mass is 429 g/mol. The zero-order chi connectivity index (χ0) is 22.1. The van der Waals surface area contributed by atoms with Gasteiger partial charge in [0.1, 0.15) is 0 Å². The van der Waals surface area contributed by atoms with E-state index in [1.807, 2.05) is 6.07 Å². The number of hydrogen-bond acceptors (Lipinski definition) is 4. The Morgan fingerprint density at radius 1 is 1.00 bits per heavy atom. The first-order valence-electron chi connectivity index (χ1n) is 11.6. The van der Waals surface area contributed by atoms with E-state index in [1.54, 1.807) is 12.1 Å². The summed E-state index contributed by atoms with van der Waals surface area (Å²) in [6.07, 6.45) is 9.92. The maximum absolute atomic E-state index is 12.5. The predicted molar refractivity (Wildman–Crippen MR) is 122 cm³/mol. The predicted octanol–water partition coefficient (Wildman–Crippen LogP) is 3.13. The molecule has 0 aromatic heterocycles. The molecule has 3 rings (SSSR count). The first kappa shape index (κ1) is 22.9. The van der Waals surface area contributed by atoms with Gasteiger partial charge in [-0.05, 0) is 56.7 Å². The third-order valence-corrected chi connectivity index (χ3v) is 6.06. The SMILES string of the molecule is NC(=O)c1ccc(N2CCCCC2)c(NC(=O)CCCNC(=O)NC2CCCCC2)c1. The quantitative estimate of drug-likeness (QED) is 0.475.